The average Bonchev–Trinajstić information content (AvgIpc) is 2.62. The minimum atomic E-state index is -0.631. The number of rotatable bonds is 5. The number of anilines is 2. The summed E-state index contributed by atoms with van der Waals surface area (Å²) in [6.45, 7) is 6.61. The van der Waals surface area contributed by atoms with Gasteiger partial charge >= 0.3 is 0 Å². The number of aryl methyl sites for hydroxylation is 1. The van der Waals surface area contributed by atoms with Crippen molar-refractivity contribution in [2.75, 3.05) is 36.5 Å². The first-order chi connectivity index (χ1) is 12.5. The van der Waals surface area contributed by atoms with Gasteiger partial charge in [0, 0.05) is 18.1 Å². The van der Waals surface area contributed by atoms with Crippen LogP contribution in [0.2, 0.25) is 5.02 Å². The molecular weight excluding hydrogens is 352 g/mol. The van der Waals surface area contributed by atoms with Crippen LogP contribution >= 0.6 is 11.6 Å². The second-order valence-electron chi connectivity index (χ2n) is 6.33. The first-order valence-corrected chi connectivity index (χ1v) is 9.07. The summed E-state index contributed by atoms with van der Waals surface area (Å²) in [6.07, 6.45) is -0.631. The standard InChI is InChI=1S/C20H23ClN2O3/c1-14-4-3-5-17(12-14)26-15(2)20(24)22-18-13-16(21)6-7-19(18)23-8-10-25-11-9-23/h3-7,12-13,15H,8-11H2,1-2H3,(H,22,24)/t15-/m1/s1. The second-order valence-corrected chi connectivity index (χ2v) is 6.76. The molecule has 6 heteroatoms. The Labute approximate surface area is 158 Å². The van der Waals surface area contributed by atoms with E-state index in [1.165, 1.54) is 0 Å². The fraction of sp³-hybridized carbons (Fsp3) is 0.350. The van der Waals surface area contributed by atoms with Crippen molar-refractivity contribution in [2.45, 2.75) is 20.0 Å². The van der Waals surface area contributed by atoms with Crippen LogP contribution in [0.5, 0.6) is 5.75 Å². The summed E-state index contributed by atoms with van der Waals surface area (Å²) >= 11 is 6.14. The molecule has 1 aliphatic rings. The lowest BCUT2D eigenvalue weighted by Gasteiger charge is -2.30. The minimum Gasteiger partial charge on any atom is -0.481 e. The third kappa shape index (κ3) is 4.68. The number of carbonyl (C=O) groups excluding carboxylic acids is 1. The quantitative estimate of drug-likeness (QED) is 0.862. The number of carbonyl (C=O) groups is 1. The van der Waals surface area contributed by atoms with Crippen molar-refractivity contribution >= 4 is 28.9 Å². The molecule has 1 aliphatic heterocycles. The lowest BCUT2D eigenvalue weighted by atomic mass is 10.2. The number of amides is 1. The summed E-state index contributed by atoms with van der Waals surface area (Å²) in [5.74, 6) is 0.454. The summed E-state index contributed by atoms with van der Waals surface area (Å²) in [5.41, 5.74) is 2.71. The molecule has 2 aromatic rings. The highest BCUT2D eigenvalue weighted by molar-refractivity contribution is 6.31. The molecule has 0 bridgehead atoms. The second kappa shape index (κ2) is 8.43. The van der Waals surface area contributed by atoms with Crippen LogP contribution in [0.4, 0.5) is 11.4 Å². The largest absolute Gasteiger partial charge is 0.481 e. The Morgan fingerprint density at radius 3 is 2.73 bits per heavy atom. The summed E-state index contributed by atoms with van der Waals surface area (Å²) in [6, 6.07) is 13.2. The average molecular weight is 375 g/mol. The van der Waals surface area contributed by atoms with Crippen LogP contribution in [0.15, 0.2) is 42.5 Å². The molecule has 1 atom stereocenters. The minimum absolute atomic E-state index is 0.219. The van der Waals surface area contributed by atoms with Gasteiger partial charge in [0.2, 0.25) is 0 Å². The van der Waals surface area contributed by atoms with Crippen LogP contribution in [0.3, 0.4) is 0 Å². The maximum absolute atomic E-state index is 12.6. The molecular formula is C20H23ClN2O3. The zero-order chi connectivity index (χ0) is 18.5. The van der Waals surface area contributed by atoms with Crippen LogP contribution < -0.4 is 15.0 Å². The third-order valence-corrected chi connectivity index (χ3v) is 4.47. The van der Waals surface area contributed by atoms with E-state index in [4.69, 9.17) is 21.1 Å². The van der Waals surface area contributed by atoms with Crippen LogP contribution in [-0.2, 0) is 9.53 Å². The van der Waals surface area contributed by atoms with Gasteiger partial charge in [-0.25, -0.2) is 0 Å². The maximum Gasteiger partial charge on any atom is 0.265 e. The molecule has 3 rings (SSSR count). The number of ether oxygens (including phenoxy) is 2. The molecule has 0 aromatic heterocycles. The predicted molar refractivity (Wildman–Crippen MR) is 104 cm³/mol. The van der Waals surface area contributed by atoms with E-state index in [-0.39, 0.29) is 5.91 Å². The van der Waals surface area contributed by atoms with E-state index in [0.29, 0.717) is 29.7 Å². The predicted octanol–water partition coefficient (Wildman–Crippen LogP) is 3.89. The Balaban J connectivity index is 1.72. The number of nitrogens with one attached hydrogen (secondary N) is 1. The monoisotopic (exact) mass is 374 g/mol. The molecule has 2 aromatic carbocycles. The van der Waals surface area contributed by atoms with Crippen molar-refractivity contribution in [3.63, 3.8) is 0 Å². The van der Waals surface area contributed by atoms with Gasteiger partial charge in [-0.1, -0.05) is 23.7 Å². The molecule has 138 valence electrons. The van der Waals surface area contributed by atoms with E-state index in [1.807, 2.05) is 43.3 Å². The SMILES string of the molecule is Cc1cccc(O[C@H](C)C(=O)Nc2cc(Cl)ccc2N2CCOCC2)c1. The Morgan fingerprint density at radius 1 is 1.23 bits per heavy atom. The number of hydrogen-bond acceptors (Lipinski definition) is 4. The number of nitrogens with zero attached hydrogens (tertiary/aromatic N) is 1. The van der Waals surface area contributed by atoms with E-state index in [0.717, 1.165) is 24.3 Å². The first-order valence-electron chi connectivity index (χ1n) is 8.69. The van der Waals surface area contributed by atoms with Gasteiger partial charge in [0.1, 0.15) is 5.75 Å². The summed E-state index contributed by atoms with van der Waals surface area (Å²) < 4.78 is 11.2. The van der Waals surface area contributed by atoms with Crippen molar-refractivity contribution in [3.8, 4) is 5.75 Å². The van der Waals surface area contributed by atoms with Gasteiger partial charge in [0.25, 0.3) is 5.91 Å². The van der Waals surface area contributed by atoms with Gasteiger partial charge in [-0.05, 0) is 49.7 Å². The van der Waals surface area contributed by atoms with Crippen LogP contribution in [0.1, 0.15) is 12.5 Å². The Kier molecular flexibility index (Phi) is 6.01. The van der Waals surface area contributed by atoms with Crippen molar-refractivity contribution in [1.82, 2.24) is 0 Å². The van der Waals surface area contributed by atoms with Crippen molar-refractivity contribution in [2.24, 2.45) is 0 Å². The topological polar surface area (TPSA) is 50.8 Å². The van der Waals surface area contributed by atoms with E-state index >= 15 is 0 Å². The first kappa shape index (κ1) is 18.5. The normalized spacial score (nSPS) is 15.4. The molecule has 1 heterocycles. The number of hydrogen-bond donors (Lipinski definition) is 1. The molecule has 0 saturated carbocycles. The van der Waals surface area contributed by atoms with E-state index in [1.54, 1.807) is 13.0 Å². The van der Waals surface area contributed by atoms with Crippen molar-refractivity contribution < 1.29 is 14.3 Å². The Morgan fingerprint density at radius 2 is 2.00 bits per heavy atom. The smallest absolute Gasteiger partial charge is 0.265 e. The molecule has 1 amide bonds. The molecule has 26 heavy (non-hydrogen) atoms. The highest BCUT2D eigenvalue weighted by atomic mass is 35.5. The summed E-state index contributed by atoms with van der Waals surface area (Å²) in [4.78, 5) is 14.8. The zero-order valence-corrected chi connectivity index (χ0v) is 15.8. The van der Waals surface area contributed by atoms with E-state index in [9.17, 15) is 4.79 Å². The van der Waals surface area contributed by atoms with Crippen LogP contribution in [0.25, 0.3) is 0 Å². The summed E-state index contributed by atoms with van der Waals surface area (Å²) in [5, 5.41) is 3.53. The number of benzene rings is 2. The molecule has 0 aliphatic carbocycles. The fourth-order valence-corrected chi connectivity index (χ4v) is 3.04. The van der Waals surface area contributed by atoms with Gasteiger partial charge in [-0.3, -0.25) is 4.79 Å². The lowest BCUT2D eigenvalue weighted by molar-refractivity contribution is -0.122. The van der Waals surface area contributed by atoms with Gasteiger partial charge in [-0.15, -0.1) is 0 Å². The molecule has 1 saturated heterocycles. The highest BCUT2D eigenvalue weighted by Crippen LogP contribution is 2.30. The highest BCUT2D eigenvalue weighted by Gasteiger charge is 2.20. The third-order valence-electron chi connectivity index (χ3n) is 4.24. The van der Waals surface area contributed by atoms with Gasteiger partial charge in [0.05, 0.1) is 24.6 Å². The number of halogens is 1. The molecule has 0 radical (unpaired) electrons. The fourth-order valence-electron chi connectivity index (χ4n) is 2.87. The van der Waals surface area contributed by atoms with Gasteiger partial charge < -0.3 is 19.7 Å². The van der Waals surface area contributed by atoms with Crippen molar-refractivity contribution in [3.05, 3.63) is 53.1 Å². The molecule has 0 unspecified atom stereocenters. The van der Waals surface area contributed by atoms with E-state index in [2.05, 4.69) is 10.2 Å². The lowest BCUT2D eigenvalue weighted by Crippen LogP contribution is -2.37. The molecule has 0 spiro atoms. The summed E-state index contributed by atoms with van der Waals surface area (Å²) in [7, 11) is 0. The van der Waals surface area contributed by atoms with Crippen molar-refractivity contribution in [1.29, 1.82) is 0 Å². The van der Waals surface area contributed by atoms with Gasteiger partial charge in [-0.2, -0.15) is 0 Å². The van der Waals surface area contributed by atoms with Crippen LogP contribution in [-0.4, -0.2) is 38.3 Å². The number of morpholine rings is 1. The van der Waals surface area contributed by atoms with E-state index < -0.39 is 6.10 Å². The van der Waals surface area contributed by atoms with Crippen LogP contribution in [0, 0.1) is 6.92 Å². The zero-order valence-electron chi connectivity index (χ0n) is 15.0. The molecule has 5 nitrogen and oxygen atoms in total. The Bertz CT molecular complexity index is 775. The maximum atomic E-state index is 12.6. The Hall–Kier alpha value is -2.24. The molecule has 1 N–H and O–H groups in total. The van der Waals surface area contributed by atoms with Gasteiger partial charge in [0.15, 0.2) is 6.10 Å². The molecule has 1 fully saturated rings.